The fourth-order valence-electron chi connectivity index (χ4n) is 10.3. The van der Waals surface area contributed by atoms with Gasteiger partial charge in [-0.1, -0.05) is 20.8 Å². The summed E-state index contributed by atoms with van der Waals surface area (Å²) in [5.74, 6) is 1.38. The number of aliphatic hydroxyl groups is 3. The van der Waals surface area contributed by atoms with Gasteiger partial charge in [0.1, 0.15) is 0 Å². The van der Waals surface area contributed by atoms with Crippen molar-refractivity contribution in [2.75, 3.05) is 39.5 Å². The molecule has 0 radical (unpaired) electrons. The van der Waals surface area contributed by atoms with Gasteiger partial charge in [0.25, 0.3) is 0 Å². The molecule has 0 aromatic rings. The molecule has 0 aliphatic heterocycles. The van der Waals surface area contributed by atoms with Crippen LogP contribution in [-0.4, -0.2) is 96.5 Å². The van der Waals surface area contributed by atoms with Gasteiger partial charge in [0, 0.05) is 31.6 Å². The lowest BCUT2D eigenvalue weighted by Gasteiger charge is -2.63. The first-order chi connectivity index (χ1) is 19.5. The molecule has 0 bridgehead atoms. The fourth-order valence-corrected chi connectivity index (χ4v) is 10.8. The lowest BCUT2D eigenvalue weighted by molar-refractivity contribution is -0.890. The van der Waals surface area contributed by atoms with E-state index in [9.17, 15) is 33.1 Å². The molecule has 4 saturated carbocycles. The molecule has 0 aromatic heterocycles. The standard InChI is InChI=1S/C32H58N2O7S/c1-21(8-11-29(38)33-14-6-15-34(4,5)16-7-17-42(39,40)41)24-9-10-25-30-26(20-28(37)32(24,25)3)31(2)13-12-23(35)18-22(31)19-27(30)36/h21-28,30,35-37H,6-20H2,1-5H3,(H-,33,38,39,40,41)/t21-,22+,23-,24-,25+,26-,27-,28+,30+,31+,32-/m1/s1. The van der Waals surface area contributed by atoms with Gasteiger partial charge in [0.2, 0.25) is 5.91 Å². The number of amides is 1. The number of hydrogen-bond acceptors (Lipinski definition) is 7. The number of nitrogens with one attached hydrogen (secondary N) is 1. The van der Waals surface area contributed by atoms with E-state index >= 15 is 0 Å². The van der Waals surface area contributed by atoms with E-state index in [-0.39, 0.29) is 52.5 Å². The Morgan fingerprint density at radius 3 is 2.40 bits per heavy atom. The van der Waals surface area contributed by atoms with Crippen molar-refractivity contribution < 1.29 is 37.6 Å². The van der Waals surface area contributed by atoms with Gasteiger partial charge in [0.15, 0.2) is 0 Å². The Labute approximate surface area is 254 Å². The Hall–Kier alpha value is -0.780. The van der Waals surface area contributed by atoms with Gasteiger partial charge in [-0.25, -0.2) is 8.42 Å². The van der Waals surface area contributed by atoms with Crippen molar-refractivity contribution in [3.8, 4) is 0 Å². The van der Waals surface area contributed by atoms with Crippen molar-refractivity contribution in [2.45, 2.75) is 110 Å². The Morgan fingerprint density at radius 1 is 1.02 bits per heavy atom. The minimum atomic E-state index is -4.18. The van der Waals surface area contributed by atoms with Crippen molar-refractivity contribution in [2.24, 2.45) is 46.3 Å². The molecular formula is C32H58N2O7S. The molecule has 9 nitrogen and oxygen atoms in total. The molecule has 4 N–H and O–H groups in total. The molecule has 0 spiro atoms. The molecule has 4 rings (SSSR count). The van der Waals surface area contributed by atoms with E-state index in [0.29, 0.717) is 48.2 Å². The first-order valence-corrected chi connectivity index (χ1v) is 18.1. The van der Waals surface area contributed by atoms with Gasteiger partial charge in [-0.15, -0.1) is 0 Å². The van der Waals surface area contributed by atoms with E-state index < -0.39 is 16.2 Å². The average molecular weight is 615 g/mol. The number of hydrogen-bond donors (Lipinski definition) is 4. The van der Waals surface area contributed by atoms with Crippen LogP contribution in [-0.2, 0) is 14.9 Å². The maximum atomic E-state index is 12.7. The van der Waals surface area contributed by atoms with E-state index in [0.717, 1.165) is 64.3 Å². The lowest BCUT2D eigenvalue weighted by atomic mass is 9.43. The van der Waals surface area contributed by atoms with Gasteiger partial charge in [-0.05, 0) is 97.7 Å². The number of aliphatic hydroxyl groups excluding tert-OH is 3. The van der Waals surface area contributed by atoms with Gasteiger partial charge in [-0.3, -0.25) is 4.79 Å². The molecule has 0 saturated heterocycles. The quantitative estimate of drug-likeness (QED) is 0.150. The highest BCUT2D eigenvalue weighted by Crippen LogP contribution is 2.68. The summed E-state index contributed by atoms with van der Waals surface area (Å²) < 4.78 is 33.1. The van der Waals surface area contributed by atoms with Crippen LogP contribution in [0.5, 0.6) is 0 Å². The van der Waals surface area contributed by atoms with Crippen molar-refractivity contribution >= 4 is 16.0 Å². The first-order valence-electron chi connectivity index (χ1n) is 16.5. The number of carbonyl (C=O) groups excluding carboxylic acids is 1. The van der Waals surface area contributed by atoms with Crippen LogP contribution >= 0.6 is 0 Å². The maximum Gasteiger partial charge on any atom is 0.220 e. The summed E-state index contributed by atoms with van der Waals surface area (Å²) in [6, 6.07) is 0. The highest BCUT2D eigenvalue weighted by Gasteiger charge is 2.65. The molecule has 11 atom stereocenters. The molecule has 4 aliphatic carbocycles. The number of fused-ring (bicyclic) bond motifs is 5. The number of carbonyl (C=O) groups is 1. The minimum absolute atomic E-state index is 0.0368. The highest BCUT2D eigenvalue weighted by atomic mass is 32.2. The first kappa shape index (κ1) is 34.1. The third kappa shape index (κ3) is 7.20. The molecule has 1 amide bonds. The largest absolute Gasteiger partial charge is 0.748 e. The predicted octanol–water partition coefficient (Wildman–Crippen LogP) is 2.88. The van der Waals surface area contributed by atoms with Gasteiger partial charge in [0.05, 0.1) is 55.6 Å². The minimum Gasteiger partial charge on any atom is -0.748 e. The second-order valence-corrected chi connectivity index (χ2v) is 17.3. The normalized spacial score (nSPS) is 41.0. The van der Waals surface area contributed by atoms with Crippen molar-refractivity contribution in [1.82, 2.24) is 5.32 Å². The lowest BCUT2D eigenvalue weighted by Crippen LogP contribution is -2.62. The molecule has 4 fully saturated rings. The summed E-state index contributed by atoms with van der Waals surface area (Å²) in [6.45, 7) is 8.78. The third-order valence-corrected chi connectivity index (χ3v) is 13.6. The topological polar surface area (TPSA) is 147 Å². The second kappa shape index (κ2) is 12.9. The molecule has 0 heterocycles. The van der Waals surface area contributed by atoms with Gasteiger partial charge >= 0.3 is 0 Å². The third-order valence-electron chi connectivity index (χ3n) is 12.8. The molecular weight excluding hydrogens is 556 g/mol. The molecule has 42 heavy (non-hydrogen) atoms. The summed E-state index contributed by atoms with van der Waals surface area (Å²) in [7, 11) is -0.177. The zero-order chi connectivity index (χ0) is 31.1. The highest BCUT2D eigenvalue weighted by molar-refractivity contribution is 7.85. The van der Waals surface area contributed by atoms with Crippen molar-refractivity contribution in [3.05, 3.63) is 0 Å². The molecule has 0 unspecified atom stereocenters. The Kier molecular flexibility index (Phi) is 10.5. The monoisotopic (exact) mass is 614 g/mol. The summed E-state index contributed by atoms with van der Waals surface area (Å²) in [5.41, 5.74) is -0.191. The summed E-state index contributed by atoms with van der Waals surface area (Å²) in [4.78, 5) is 12.7. The van der Waals surface area contributed by atoms with E-state index in [1.165, 1.54) is 0 Å². The fraction of sp³-hybridized carbons (Fsp3) is 0.969. The molecule has 244 valence electrons. The van der Waals surface area contributed by atoms with Crippen LogP contribution in [0.15, 0.2) is 0 Å². The summed E-state index contributed by atoms with van der Waals surface area (Å²) >= 11 is 0. The molecule has 0 aromatic carbocycles. The Morgan fingerprint density at radius 2 is 1.71 bits per heavy atom. The van der Waals surface area contributed by atoms with E-state index in [4.69, 9.17) is 0 Å². The number of quaternary nitrogens is 1. The second-order valence-electron chi connectivity index (χ2n) is 15.7. The smallest absolute Gasteiger partial charge is 0.220 e. The summed E-state index contributed by atoms with van der Waals surface area (Å²) in [5, 5.41) is 36.6. The van der Waals surface area contributed by atoms with Crippen LogP contribution in [0.4, 0.5) is 0 Å². The van der Waals surface area contributed by atoms with Crippen molar-refractivity contribution in [1.29, 1.82) is 0 Å². The zero-order valence-electron chi connectivity index (χ0n) is 26.6. The van der Waals surface area contributed by atoms with Crippen LogP contribution < -0.4 is 5.32 Å². The van der Waals surface area contributed by atoms with Crippen LogP contribution in [0, 0.1) is 46.3 Å². The van der Waals surface area contributed by atoms with Gasteiger partial charge < -0.3 is 29.7 Å². The molecule has 4 aliphatic rings. The van der Waals surface area contributed by atoms with Crippen molar-refractivity contribution in [3.63, 3.8) is 0 Å². The van der Waals surface area contributed by atoms with Crippen LogP contribution in [0.25, 0.3) is 0 Å². The summed E-state index contributed by atoms with van der Waals surface area (Å²) in [6.07, 6.45) is 7.35. The van der Waals surface area contributed by atoms with Crippen LogP contribution in [0.3, 0.4) is 0 Å². The van der Waals surface area contributed by atoms with Crippen LogP contribution in [0.1, 0.15) is 91.4 Å². The number of nitrogens with zero attached hydrogens (tertiary/aromatic N) is 1. The van der Waals surface area contributed by atoms with Crippen LogP contribution in [0.2, 0.25) is 0 Å². The van der Waals surface area contributed by atoms with E-state index in [1.54, 1.807) is 0 Å². The van der Waals surface area contributed by atoms with Gasteiger partial charge in [-0.2, -0.15) is 0 Å². The SMILES string of the molecule is C[C@H](CCC(=O)NCCC[N+](C)(C)CCCS(=O)(=O)[O-])[C@H]1CC[C@H]2[C@@H]3[C@H](O)C[C@@H]4C[C@H](O)CC[C@]4(C)[C@@H]3C[C@H](O)[C@]12C. The maximum absolute atomic E-state index is 12.7. The average Bonchev–Trinajstić information content (AvgIpc) is 3.24. The predicted molar refractivity (Wildman–Crippen MR) is 161 cm³/mol. The molecule has 10 heteroatoms. The number of rotatable bonds is 12. The van der Waals surface area contributed by atoms with E-state index in [2.05, 4.69) is 26.1 Å². The Balaban J connectivity index is 1.27. The zero-order valence-corrected chi connectivity index (χ0v) is 27.4. The van der Waals surface area contributed by atoms with E-state index in [1.807, 2.05) is 14.1 Å². The Bertz CT molecular complexity index is 1050.